The molecule has 0 radical (unpaired) electrons. The Morgan fingerprint density at radius 2 is 1.86 bits per heavy atom. The summed E-state index contributed by atoms with van der Waals surface area (Å²) >= 11 is 0. The third-order valence-corrected chi connectivity index (χ3v) is 8.19. The number of anilines is 1. The minimum Gasteiger partial charge on any atom is -0.485 e. The number of piperazine rings is 1. The van der Waals surface area contributed by atoms with Gasteiger partial charge in [0.15, 0.2) is 0 Å². The van der Waals surface area contributed by atoms with Crippen molar-refractivity contribution in [2.24, 2.45) is 5.41 Å². The van der Waals surface area contributed by atoms with E-state index in [0.717, 1.165) is 89.4 Å². The number of carbonyl (C=O) groups is 1. The first-order valence-electron chi connectivity index (χ1n) is 10.2. The van der Waals surface area contributed by atoms with E-state index in [-0.39, 0.29) is 5.60 Å². The lowest BCUT2D eigenvalue weighted by molar-refractivity contribution is -0.134. The van der Waals surface area contributed by atoms with Gasteiger partial charge in [-0.15, -0.1) is 0 Å². The molecular weight excluding hydrogens is 376 g/mol. The summed E-state index contributed by atoms with van der Waals surface area (Å²) < 4.78 is 20.0. The third-order valence-electron chi connectivity index (χ3n) is 7.10. The molecule has 1 unspecified atom stereocenters. The van der Waals surface area contributed by atoms with Crippen LogP contribution in [-0.4, -0.2) is 75.9 Å². The number of carbonyl (C=O) groups excluding carboxylic acids is 1. The first-order chi connectivity index (χ1) is 13.5. The van der Waals surface area contributed by atoms with Crippen LogP contribution in [0.5, 0.6) is 5.75 Å². The summed E-state index contributed by atoms with van der Waals surface area (Å²) in [6.07, 6.45) is 9.97. The van der Waals surface area contributed by atoms with Crippen molar-refractivity contribution in [3.8, 4) is 5.75 Å². The molecule has 3 fully saturated rings. The van der Waals surface area contributed by atoms with E-state index in [9.17, 15) is 9.00 Å². The van der Waals surface area contributed by atoms with Crippen molar-refractivity contribution in [3.63, 3.8) is 0 Å². The normalized spacial score (nSPS) is 26.6. The number of fused-ring (bicyclic) bond motifs is 1. The molecule has 0 N–H and O–H groups in total. The van der Waals surface area contributed by atoms with Gasteiger partial charge in [-0.05, 0) is 37.2 Å². The minimum absolute atomic E-state index is 0.0518. The van der Waals surface area contributed by atoms with E-state index in [0.29, 0.717) is 5.41 Å². The number of hydrogen-bond acceptors (Lipinski definition) is 5. The number of ether oxygens (including phenoxy) is 1. The van der Waals surface area contributed by atoms with Gasteiger partial charge in [-0.3, -0.25) is 4.79 Å². The SMILES string of the molecule is CS(=O)N1CCN(c2cc3c(cn2)OC2(C3)CC3(CCN(C=O)CC3)C2)CC1. The molecule has 1 aromatic heterocycles. The Bertz CT molecular complexity index is 793. The molecule has 3 aliphatic heterocycles. The van der Waals surface area contributed by atoms with Gasteiger partial charge in [-0.2, -0.15) is 0 Å². The fourth-order valence-corrected chi connectivity index (χ4v) is 6.31. The van der Waals surface area contributed by atoms with E-state index in [4.69, 9.17) is 4.74 Å². The molecule has 2 spiro atoms. The summed E-state index contributed by atoms with van der Waals surface area (Å²) in [6, 6.07) is 2.20. The van der Waals surface area contributed by atoms with Crippen LogP contribution in [0.15, 0.2) is 12.3 Å². The van der Waals surface area contributed by atoms with Gasteiger partial charge in [-0.1, -0.05) is 0 Å². The highest BCUT2D eigenvalue weighted by Gasteiger charge is 2.59. The number of nitrogens with zero attached hydrogens (tertiary/aromatic N) is 4. The molecule has 8 heteroatoms. The Labute approximate surface area is 168 Å². The van der Waals surface area contributed by atoms with E-state index in [2.05, 4.69) is 16.0 Å². The molecule has 1 atom stereocenters. The molecular formula is C20H28N4O3S. The van der Waals surface area contributed by atoms with E-state index in [1.165, 1.54) is 5.56 Å². The highest BCUT2D eigenvalue weighted by molar-refractivity contribution is 7.81. The van der Waals surface area contributed by atoms with Gasteiger partial charge >= 0.3 is 0 Å². The fourth-order valence-electron chi connectivity index (χ4n) is 5.64. The third kappa shape index (κ3) is 3.10. The first kappa shape index (κ1) is 18.4. The average Bonchev–Trinajstić information content (AvgIpc) is 3.06. The molecule has 4 heterocycles. The summed E-state index contributed by atoms with van der Waals surface area (Å²) in [6.45, 7) is 5.09. The summed E-state index contributed by atoms with van der Waals surface area (Å²) in [4.78, 5) is 19.8. The second kappa shape index (κ2) is 6.69. The van der Waals surface area contributed by atoms with Crippen LogP contribution in [0.3, 0.4) is 0 Å². The van der Waals surface area contributed by atoms with Crippen molar-refractivity contribution in [2.45, 2.75) is 37.7 Å². The number of amides is 1. The van der Waals surface area contributed by atoms with Gasteiger partial charge < -0.3 is 14.5 Å². The topological polar surface area (TPSA) is 66.0 Å². The Hall–Kier alpha value is -1.67. The van der Waals surface area contributed by atoms with Gasteiger partial charge in [0.25, 0.3) is 0 Å². The second-order valence-electron chi connectivity index (χ2n) is 8.95. The van der Waals surface area contributed by atoms with Crippen LogP contribution < -0.4 is 9.64 Å². The zero-order chi connectivity index (χ0) is 19.4. The number of aromatic nitrogens is 1. The fraction of sp³-hybridized carbons (Fsp3) is 0.700. The van der Waals surface area contributed by atoms with Crippen molar-refractivity contribution in [1.29, 1.82) is 0 Å². The van der Waals surface area contributed by atoms with Crippen molar-refractivity contribution in [1.82, 2.24) is 14.2 Å². The number of rotatable bonds is 3. The van der Waals surface area contributed by atoms with Crippen LogP contribution in [0.25, 0.3) is 0 Å². The largest absolute Gasteiger partial charge is 0.485 e. The molecule has 152 valence electrons. The Morgan fingerprint density at radius 1 is 1.14 bits per heavy atom. The second-order valence-corrected chi connectivity index (χ2v) is 10.3. The average molecular weight is 405 g/mol. The predicted molar refractivity (Wildman–Crippen MR) is 108 cm³/mol. The lowest BCUT2D eigenvalue weighted by Gasteiger charge is -2.56. The number of pyridine rings is 1. The highest BCUT2D eigenvalue weighted by Crippen LogP contribution is 2.60. The molecule has 2 saturated heterocycles. The van der Waals surface area contributed by atoms with Crippen LogP contribution in [0, 0.1) is 5.41 Å². The standard InChI is InChI=1S/C20H28N4O3S/c1-28(26)24-8-6-23(7-9-24)18-10-16-11-20(27-17(16)12-21-18)13-19(14-20)2-4-22(15-25)5-3-19/h10,12,15H,2-9,11,13-14H2,1H3. The Morgan fingerprint density at radius 3 is 2.50 bits per heavy atom. The van der Waals surface area contributed by atoms with E-state index >= 15 is 0 Å². The van der Waals surface area contributed by atoms with Gasteiger partial charge in [0.1, 0.15) is 17.2 Å². The van der Waals surface area contributed by atoms with Crippen molar-refractivity contribution in [3.05, 3.63) is 17.8 Å². The molecule has 0 bridgehead atoms. The summed E-state index contributed by atoms with van der Waals surface area (Å²) in [5.41, 5.74) is 1.58. The number of hydrogen-bond donors (Lipinski definition) is 0. The molecule has 28 heavy (non-hydrogen) atoms. The van der Waals surface area contributed by atoms with Crippen LogP contribution >= 0.6 is 0 Å². The lowest BCUT2D eigenvalue weighted by Crippen LogP contribution is -2.58. The quantitative estimate of drug-likeness (QED) is 0.709. The van der Waals surface area contributed by atoms with Gasteiger partial charge in [0.05, 0.1) is 17.2 Å². The van der Waals surface area contributed by atoms with E-state index in [1.54, 1.807) is 6.26 Å². The van der Waals surface area contributed by atoms with E-state index < -0.39 is 11.0 Å². The zero-order valence-corrected chi connectivity index (χ0v) is 17.2. The van der Waals surface area contributed by atoms with Crippen molar-refractivity contribution in [2.75, 3.05) is 50.4 Å². The monoisotopic (exact) mass is 404 g/mol. The van der Waals surface area contributed by atoms with Crippen LogP contribution in [0.4, 0.5) is 5.82 Å². The van der Waals surface area contributed by atoms with Gasteiger partial charge in [0, 0.05) is 57.5 Å². The number of piperidine rings is 1. The summed E-state index contributed by atoms with van der Waals surface area (Å²) in [5.74, 6) is 1.95. The molecule has 1 aromatic rings. The molecule has 1 saturated carbocycles. The molecule has 4 aliphatic rings. The van der Waals surface area contributed by atoms with Gasteiger partial charge in [0.2, 0.25) is 6.41 Å². The highest BCUT2D eigenvalue weighted by atomic mass is 32.2. The van der Waals surface area contributed by atoms with Crippen LogP contribution in [-0.2, 0) is 22.2 Å². The molecule has 1 aliphatic carbocycles. The molecule has 0 aromatic carbocycles. The van der Waals surface area contributed by atoms with Crippen LogP contribution in [0.2, 0.25) is 0 Å². The molecule has 1 amide bonds. The molecule has 7 nitrogen and oxygen atoms in total. The summed E-state index contributed by atoms with van der Waals surface area (Å²) in [5, 5.41) is 0. The first-order valence-corrected chi connectivity index (χ1v) is 11.7. The number of likely N-dealkylation sites (tertiary alicyclic amines) is 1. The zero-order valence-electron chi connectivity index (χ0n) is 16.4. The minimum atomic E-state index is -0.892. The summed E-state index contributed by atoms with van der Waals surface area (Å²) in [7, 11) is -0.892. The van der Waals surface area contributed by atoms with Crippen molar-refractivity contribution >= 4 is 23.2 Å². The Balaban J connectivity index is 1.23. The smallest absolute Gasteiger partial charge is 0.209 e. The van der Waals surface area contributed by atoms with Crippen molar-refractivity contribution < 1.29 is 13.7 Å². The maximum atomic E-state index is 11.6. The van der Waals surface area contributed by atoms with Gasteiger partial charge in [-0.25, -0.2) is 13.5 Å². The lowest BCUT2D eigenvalue weighted by atomic mass is 9.54. The maximum absolute atomic E-state index is 11.6. The van der Waals surface area contributed by atoms with Crippen LogP contribution in [0.1, 0.15) is 31.2 Å². The maximum Gasteiger partial charge on any atom is 0.209 e. The predicted octanol–water partition coefficient (Wildman–Crippen LogP) is 1.20. The Kier molecular flexibility index (Phi) is 4.39. The molecule has 5 rings (SSSR count). The van der Waals surface area contributed by atoms with E-state index in [1.807, 2.05) is 15.4 Å².